The Labute approximate surface area is 120 Å². The number of carbonyl (C=O) groups is 1. The summed E-state index contributed by atoms with van der Waals surface area (Å²) in [5.74, 6) is 0.137. The zero-order valence-corrected chi connectivity index (χ0v) is 12.5. The number of nitrogens with two attached hydrogens (primary N) is 1. The molecule has 6 heteroatoms. The van der Waals surface area contributed by atoms with Gasteiger partial charge in [0.05, 0.1) is 0 Å². The summed E-state index contributed by atoms with van der Waals surface area (Å²) in [4.78, 5) is 17.2. The lowest BCUT2D eigenvalue weighted by molar-refractivity contribution is -0.140. The first kappa shape index (κ1) is 15.1. The maximum atomic E-state index is 13.0. The van der Waals surface area contributed by atoms with Crippen molar-refractivity contribution in [2.45, 2.75) is 45.1 Å². The van der Waals surface area contributed by atoms with E-state index in [2.05, 4.69) is 24.0 Å². The second-order valence-electron chi connectivity index (χ2n) is 6.24. The Kier molecular flexibility index (Phi) is 4.52. The molecular weight excluding hydrogens is 256 g/mol. The van der Waals surface area contributed by atoms with Crippen LogP contribution in [-0.4, -0.2) is 59.5 Å². The topological polar surface area (TPSA) is 82.2 Å². The Hall–Kier alpha value is -1.30. The quantitative estimate of drug-likeness (QED) is 0.340. The maximum Gasteiger partial charge on any atom is 0.236 e. The largest absolute Gasteiger partial charge is 0.409 e. The monoisotopic (exact) mass is 282 g/mol. The highest BCUT2D eigenvalue weighted by molar-refractivity contribution is 6.07. The molecule has 2 fully saturated rings. The molecule has 1 heterocycles. The van der Waals surface area contributed by atoms with E-state index in [9.17, 15) is 4.79 Å². The lowest BCUT2D eigenvalue weighted by Crippen LogP contribution is -2.53. The fourth-order valence-electron chi connectivity index (χ4n) is 3.60. The van der Waals surface area contributed by atoms with Crippen LogP contribution in [0, 0.1) is 5.41 Å². The minimum atomic E-state index is -0.772. The van der Waals surface area contributed by atoms with Gasteiger partial charge < -0.3 is 20.7 Å². The van der Waals surface area contributed by atoms with Crippen molar-refractivity contribution in [1.82, 2.24) is 9.80 Å². The van der Waals surface area contributed by atoms with Gasteiger partial charge in [-0.25, -0.2) is 0 Å². The number of amidine groups is 1. The molecule has 1 amide bonds. The molecule has 0 radical (unpaired) electrons. The van der Waals surface area contributed by atoms with Gasteiger partial charge >= 0.3 is 0 Å². The fraction of sp³-hybridized carbons (Fsp3) is 0.857. The summed E-state index contributed by atoms with van der Waals surface area (Å²) in [5, 5.41) is 12.2. The SMILES string of the molecule is CC1CN(C)CCCN1C(=O)C1(C(N)=NO)CCCC1. The highest BCUT2D eigenvalue weighted by Gasteiger charge is 2.48. The number of amides is 1. The maximum absolute atomic E-state index is 13.0. The van der Waals surface area contributed by atoms with E-state index in [0.717, 1.165) is 38.9 Å². The van der Waals surface area contributed by atoms with Crippen LogP contribution in [0.25, 0.3) is 0 Å². The van der Waals surface area contributed by atoms with Crippen molar-refractivity contribution in [3.05, 3.63) is 0 Å². The summed E-state index contributed by atoms with van der Waals surface area (Å²) in [6.45, 7) is 4.71. The van der Waals surface area contributed by atoms with E-state index in [4.69, 9.17) is 10.9 Å². The normalized spacial score (nSPS) is 28.4. The third-order valence-electron chi connectivity index (χ3n) is 4.77. The number of nitrogens with zero attached hydrogens (tertiary/aromatic N) is 3. The van der Waals surface area contributed by atoms with E-state index in [1.165, 1.54) is 0 Å². The molecule has 2 aliphatic rings. The van der Waals surface area contributed by atoms with Crippen molar-refractivity contribution in [2.24, 2.45) is 16.3 Å². The highest BCUT2D eigenvalue weighted by atomic mass is 16.4. The van der Waals surface area contributed by atoms with Crippen LogP contribution >= 0.6 is 0 Å². The van der Waals surface area contributed by atoms with Crippen LogP contribution in [0.5, 0.6) is 0 Å². The number of carbonyl (C=O) groups excluding carboxylic acids is 1. The number of rotatable bonds is 2. The summed E-state index contributed by atoms with van der Waals surface area (Å²) in [5.41, 5.74) is 5.10. The van der Waals surface area contributed by atoms with Gasteiger partial charge in [-0.05, 0) is 39.8 Å². The van der Waals surface area contributed by atoms with E-state index in [1.54, 1.807) is 0 Å². The van der Waals surface area contributed by atoms with Crippen molar-refractivity contribution < 1.29 is 10.0 Å². The average Bonchev–Trinajstić information content (AvgIpc) is 2.86. The van der Waals surface area contributed by atoms with Gasteiger partial charge in [0, 0.05) is 19.1 Å². The molecular formula is C14H26N4O2. The van der Waals surface area contributed by atoms with E-state index in [0.29, 0.717) is 12.8 Å². The minimum Gasteiger partial charge on any atom is -0.409 e. The highest BCUT2D eigenvalue weighted by Crippen LogP contribution is 2.40. The zero-order chi connectivity index (χ0) is 14.8. The molecule has 0 aromatic carbocycles. The first-order chi connectivity index (χ1) is 9.51. The van der Waals surface area contributed by atoms with Crippen LogP contribution in [0.2, 0.25) is 0 Å². The molecule has 0 aromatic heterocycles. The fourth-order valence-corrected chi connectivity index (χ4v) is 3.60. The molecule has 1 aliphatic carbocycles. The molecule has 20 heavy (non-hydrogen) atoms. The Bertz CT molecular complexity index is 391. The van der Waals surface area contributed by atoms with Crippen LogP contribution < -0.4 is 5.73 Å². The van der Waals surface area contributed by atoms with Crippen LogP contribution in [-0.2, 0) is 4.79 Å². The molecule has 1 saturated carbocycles. The third kappa shape index (κ3) is 2.61. The molecule has 2 rings (SSSR count). The molecule has 6 nitrogen and oxygen atoms in total. The summed E-state index contributed by atoms with van der Waals surface area (Å²) in [7, 11) is 2.08. The van der Waals surface area contributed by atoms with Crippen LogP contribution in [0.1, 0.15) is 39.0 Å². The van der Waals surface area contributed by atoms with Crippen molar-refractivity contribution >= 4 is 11.7 Å². The van der Waals surface area contributed by atoms with Gasteiger partial charge in [-0.2, -0.15) is 0 Å². The van der Waals surface area contributed by atoms with E-state index < -0.39 is 5.41 Å². The molecule has 0 bridgehead atoms. The van der Waals surface area contributed by atoms with Crippen LogP contribution in [0.15, 0.2) is 5.16 Å². The van der Waals surface area contributed by atoms with Crippen molar-refractivity contribution in [1.29, 1.82) is 0 Å². The molecule has 114 valence electrons. The van der Waals surface area contributed by atoms with Gasteiger partial charge in [-0.15, -0.1) is 0 Å². The zero-order valence-electron chi connectivity index (χ0n) is 12.5. The lowest BCUT2D eigenvalue weighted by Gasteiger charge is -2.36. The Morgan fingerprint density at radius 1 is 1.30 bits per heavy atom. The second kappa shape index (κ2) is 5.99. The van der Waals surface area contributed by atoms with Crippen molar-refractivity contribution in [3.63, 3.8) is 0 Å². The van der Waals surface area contributed by atoms with Crippen molar-refractivity contribution in [2.75, 3.05) is 26.7 Å². The smallest absolute Gasteiger partial charge is 0.236 e. The molecule has 0 spiro atoms. The predicted molar refractivity (Wildman–Crippen MR) is 77.6 cm³/mol. The van der Waals surface area contributed by atoms with Gasteiger partial charge in [0.15, 0.2) is 5.84 Å². The van der Waals surface area contributed by atoms with E-state index >= 15 is 0 Å². The average molecular weight is 282 g/mol. The first-order valence-electron chi connectivity index (χ1n) is 7.49. The molecule has 1 aliphatic heterocycles. The Morgan fingerprint density at radius 3 is 2.55 bits per heavy atom. The van der Waals surface area contributed by atoms with Crippen LogP contribution in [0.4, 0.5) is 0 Å². The predicted octanol–water partition coefficient (Wildman–Crippen LogP) is 0.846. The molecule has 1 saturated heterocycles. The summed E-state index contributed by atoms with van der Waals surface area (Å²) >= 11 is 0. The summed E-state index contributed by atoms with van der Waals surface area (Å²) in [6.07, 6.45) is 4.29. The van der Waals surface area contributed by atoms with Gasteiger partial charge in [0.2, 0.25) is 5.91 Å². The molecule has 0 aromatic rings. The molecule has 1 atom stereocenters. The first-order valence-corrected chi connectivity index (χ1v) is 7.49. The lowest BCUT2D eigenvalue weighted by atomic mass is 9.82. The minimum absolute atomic E-state index is 0.0492. The second-order valence-corrected chi connectivity index (χ2v) is 6.24. The van der Waals surface area contributed by atoms with E-state index in [1.807, 2.05) is 4.90 Å². The van der Waals surface area contributed by atoms with Crippen LogP contribution in [0.3, 0.4) is 0 Å². The Balaban J connectivity index is 2.23. The van der Waals surface area contributed by atoms with Gasteiger partial charge in [0.25, 0.3) is 0 Å². The number of hydrogen-bond acceptors (Lipinski definition) is 4. The Morgan fingerprint density at radius 2 is 1.95 bits per heavy atom. The standard InChI is InChI=1S/C14H26N4O2/c1-11-10-17(2)8-5-9-18(11)13(19)14(12(15)16-20)6-3-4-7-14/h11,20H,3-10H2,1-2H3,(H2,15,16). The number of oxime groups is 1. The van der Waals surface area contributed by atoms with Gasteiger partial charge in [-0.3, -0.25) is 4.79 Å². The van der Waals surface area contributed by atoms with Crippen molar-refractivity contribution in [3.8, 4) is 0 Å². The van der Waals surface area contributed by atoms with Gasteiger partial charge in [-0.1, -0.05) is 18.0 Å². The third-order valence-corrected chi connectivity index (χ3v) is 4.77. The summed E-state index contributed by atoms with van der Waals surface area (Å²) < 4.78 is 0. The molecule has 1 unspecified atom stereocenters. The summed E-state index contributed by atoms with van der Waals surface area (Å²) in [6, 6.07) is 0.166. The number of hydrogen-bond donors (Lipinski definition) is 2. The number of likely N-dealkylation sites (N-methyl/N-ethyl adjacent to an activating group) is 1. The van der Waals surface area contributed by atoms with Gasteiger partial charge in [0.1, 0.15) is 5.41 Å². The molecule has 3 N–H and O–H groups in total. The van der Waals surface area contributed by atoms with E-state index in [-0.39, 0.29) is 17.8 Å².